The van der Waals surface area contributed by atoms with Crippen molar-refractivity contribution in [1.29, 1.82) is 0 Å². The fourth-order valence-corrected chi connectivity index (χ4v) is 5.82. The van der Waals surface area contributed by atoms with Crippen LogP contribution in [0.4, 0.5) is 11.4 Å². The number of aromatic hydroxyl groups is 1. The molecular formula is C25H22N2O8S. The molecule has 1 aliphatic heterocycles. The molecule has 1 saturated heterocycles. The summed E-state index contributed by atoms with van der Waals surface area (Å²) in [6.07, 6.45) is 1.16. The minimum atomic E-state index is -4.35. The Hall–Kier alpha value is -4.38. The monoisotopic (exact) mass is 510 g/mol. The summed E-state index contributed by atoms with van der Waals surface area (Å²) in [6, 6.07) is 15.7. The van der Waals surface area contributed by atoms with Crippen molar-refractivity contribution in [2.75, 3.05) is 18.6 Å². The van der Waals surface area contributed by atoms with Gasteiger partial charge in [-0.15, -0.1) is 0 Å². The van der Waals surface area contributed by atoms with Crippen LogP contribution < -0.4 is 14.4 Å². The highest BCUT2D eigenvalue weighted by Gasteiger charge is 2.50. The van der Waals surface area contributed by atoms with E-state index in [1.807, 2.05) is 6.92 Å². The molecule has 0 radical (unpaired) electrons. The maximum absolute atomic E-state index is 13.7. The van der Waals surface area contributed by atoms with Crippen LogP contribution >= 0.6 is 0 Å². The lowest BCUT2D eigenvalue weighted by atomic mass is 10.1. The van der Waals surface area contributed by atoms with Crippen LogP contribution in [0.3, 0.4) is 0 Å². The van der Waals surface area contributed by atoms with Crippen molar-refractivity contribution in [2.45, 2.75) is 12.3 Å². The smallest absolute Gasteiger partial charge is 0.271 e. The van der Waals surface area contributed by atoms with Gasteiger partial charge in [0.1, 0.15) is 10.7 Å². The number of benzene rings is 3. The summed E-state index contributed by atoms with van der Waals surface area (Å²) >= 11 is 0. The first-order chi connectivity index (χ1) is 17.2. The number of hydrogen-bond donors (Lipinski definition) is 1. The van der Waals surface area contributed by atoms with Crippen LogP contribution in [0.2, 0.25) is 0 Å². The van der Waals surface area contributed by atoms with Gasteiger partial charge in [-0.2, -0.15) is 0 Å². The first-order valence-electron chi connectivity index (χ1n) is 10.8. The molecule has 0 aliphatic carbocycles. The lowest BCUT2D eigenvalue weighted by Gasteiger charge is -2.23. The Morgan fingerprint density at radius 2 is 1.83 bits per heavy atom. The van der Waals surface area contributed by atoms with Gasteiger partial charge in [-0.25, -0.2) is 8.42 Å². The van der Waals surface area contributed by atoms with Gasteiger partial charge in [0.15, 0.2) is 16.9 Å². The van der Waals surface area contributed by atoms with Crippen LogP contribution in [0.25, 0.3) is 6.08 Å². The second-order valence-corrected chi connectivity index (χ2v) is 9.77. The van der Waals surface area contributed by atoms with Gasteiger partial charge >= 0.3 is 0 Å². The summed E-state index contributed by atoms with van der Waals surface area (Å²) in [5.41, 5.74) is 0.280. The molecule has 1 amide bonds. The number of carbonyl (C=O) groups is 1. The summed E-state index contributed by atoms with van der Waals surface area (Å²) in [6.45, 7) is 2.24. The van der Waals surface area contributed by atoms with Crippen LogP contribution in [-0.4, -0.2) is 38.1 Å². The van der Waals surface area contributed by atoms with E-state index in [2.05, 4.69) is 0 Å². The van der Waals surface area contributed by atoms with Crippen molar-refractivity contribution in [1.82, 2.24) is 0 Å². The van der Waals surface area contributed by atoms with Crippen LogP contribution in [0.5, 0.6) is 17.2 Å². The lowest BCUT2D eigenvalue weighted by Crippen LogP contribution is -2.29. The largest absolute Gasteiger partial charge is 0.504 e. The normalized spacial score (nSPS) is 17.8. The summed E-state index contributed by atoms with van der Waals surface area (Å²) in [4.78, 5) is 24.9. The van der Waals surface area contributed by atoms with Crippen LogP contribution in [0, 0.1) is 10.1 Å². The van der Waals surface area contributed by atoms with E-state index in [9.17, 15) is 28.4 Å². The zero-order chi connectivity index (χ0) is 26.0. The van der Waals surface area contributed by atoms with E-state index in [4.69, 9.17) is 9.47 Å². The molecule has 0 saturated carbocycles. The topological polar surface area (TPSA) is 136 Å². The van der Waals surface area contributed by atoms with E-state index in [1.165, 1.54) is 43.5 Å². The molecule has 10 nitrogen and oxygen atoms in total. The molecular weight excluding hydrogens is 488 g/mol. The zero-order valence-electron chi connectivity index (χ0n) is 19.3. The maximum atomic E-state index is 13.7. The Morgan fingerprint density at radius 3 is 2.44 bits per heavy atom. The van der Waals surface area contributed by atoms with E-state index in [0.29, 0.717) is 12.4 Å². The standard InChI is InChI=1S/C25H22N2O8S/c1-3-35-20-10-8-18(9-11-20)26-24(29)23(14-16-7-12-22(34-2)21(28)13-16)36(32,33)25(26)17-5-4-6-19(15-17)27(30)31/h4-15,25,28H,3H2,1-2H3/b23-14+/t25-/m1/s1. The number of non-ortho nitro benzene ring substituents is 1. The number of phenolic OH excluding ortho intramolecular Hbond substituents is 1. The quantitative estimate of drug-likeness (QED) is 0.284. The van der Waals surface area contributed by atoms with Gasteiger partial charge in [0.25, 0.3) is 11.6 Å². The Bertz CT molecular complexity index is 1470. The highest BCUT2D eigenvalue weighted by atomic mass is 32.2. The van der Waals surface area contributed by atoms with Crippen LogP contribution in [-0.2, 0) is 14.6 Å². The third-order valence-corrected chi connectivity index (χ3v) is 7.53. The fourth-order valence-electron chi connectivity index (χ4n) is 3.94. The van der Waals surface area contributed by atoms with Gasteiger partial charge in [-0.3, -0.25) is 19.8 Å². The van der Waals surface area contributed by atoms with Crippen LogP contribution in [0.15, 0.2) is 71.6 Å². The minimum Gasteiger partial charge on any atom is -0.504 e. The van der Waals surface area contributed by atoms with Gasteiger partial charge in [0, 0.05) is 17.8 Å². The van der Waals surface area contributed by atoms with Gasteiger partial charge in [-0.1, -0.05) is 18.2 Å². The molecule has 1 atom stereocenters. The Kier molecular flexibility index (Phi) is 6.67. The first kappa shape index (κ1) is 24.7. The molecule has 11 heteroatoms. The lowest BCUT2D eigenvalue weighted by molar-refractivity contribution is -0.384. The summed E-state index contributed by atoms with van der Waals surface area (Å²) in [5.74, 6) is -0.324. The average molecular weight is 511 g/mol. The van der Waals surface area contributed by atoms with Crippen molar-refractivity contribution in [3.05, 3.63) is 92.9 Å². The van der Waals surface area contributed by atoms with Crippen LogP contribution in [0.1, 0.15) is 23.4 Å². The Labute approximate surface area is 207 Å². The van der Waals surface area contributed by atoms with E-state index < -0.39 is 30.9 Å². The third kappa shape index (κ3) is 4.48. The molecule has 0 unspecified atom stereocenters. The van der Waals surface area contributed by atoms with Crippen molar-refractivity contribution < 1.29 is 32.7 Å². The number of nitrogens with zero attached hydrogens (tertiary/aromatic N) is 2. The van der Waals surface area contributed by atoms with Gasteiger partial charge in [-0.05, 0) is 60.5 Å². The van der Waals surface area contributed by atoms with E-state index >= 15 is 0 Å². The SMILES string of the molecule is CCOc1ccc(N2C(=O)/C(=C\c3ccc(OC)c(O)c3)S(=O)(=O)[C@@H]2c2cccc([N+](=O)[O-])c2)cc1. The number of methoxy groups -OCH3 is 1. The second-order valence-electron chi connectivity index (χ2n) is 7.79. The van der Waals surface area contributed by atoms with Gasteiger partial charge in [0.05, 0.1) is 18.6 Å². The predicted molar refractivity (Wildman–Crippen MR) is 132 cm³/mol. The zero-order valence-corrected chi connectivity index (χ0v) is 20.1. The highest BCUT2D eigenvalue weighted by Crippen LogP contribution is 2.44. The van der Waals surface area contributed by atoms with Crippen molar-refractivity contribution in [2.24, 2.45) is 0 Å². The Balaban J connectivity index is 1.89. The third-order valence-electron chi connectivity index (χ3n) is 5.56. The van der Waals surface area contributed by atoms with E-state index in [-0.39, 0.29) is 34.0 Å². The number of amides is 1. The van der Waals surface area contributed by atoms with Gasteiger partial charge < -0.3 is 14.6 Å². The van der Waals surface area contributed by atoms with Crippen molar-refractivity contribution in [3.63, 3.8) is 0 Å². The van der Waals surface area contributed by atoms with Crippen molar-refractivity contribution >= 4 is 33.2 Å². The average Bonchev–Trinajstić information content (AvgIpc) is 3.05. The number of nitro benzene ring substituents is 1. The molecule has 1 aliphatic rings. The molecule has 36 heavy (non-hydrogen) atoms. The number of anilines is 1. The number of carbonyl (C=O) groups excluding carboxylic acids is 1. The molecule has 0 bridgehead atoms. The number of sulfone groups is 1. The summed E-state index contributed by atoms with van der Waals surface area (Å²) < 4.78 is 37.9. The molecule has 0 spiro atoms. The first-order valence-corrected chi connectivity index (χ1v) is 12.4. The molecule has 1 N–H and O–H groups in total. The maximum Gasteiger partial charge on any atom is 0.271 e. The minimum absolute atomic E-state index is 0.0624. The molecule has 4 rings (SSSR count). The molecule has 0 aromatic heterocycles. The highest BCUT2D eigenvalue weighted by molar-refractivity contribution is 7.97. The summed E-state index contributed by atoms with van der Waals surface area (Å²) in [7, 11) is -2.97. The van der Waals surface area contributed by atoms with E-state index in [0.717, 1.165) is 17.0 Å². The fraction of sp³-hybridized carbons (Fsp3) is 0.160. The number of rotatable bonds is 7. The number of ether oxygens (including phenoxy) is 2. The molecule has 3 aromatic rings. The van der Waals surface area contributed by atoms with Crippen molar-refractivity contribution in [3.8, 4) is 17.2 Å². The molecule has 3 aromatic carbocycles. The number of nitro groups is 1. The second kappa shape index (κ2) is 9.70. The predicted octanol–water partition coefficient (Wildman–Crippen LogP) is 4.21. The molecule has 186 valence electrons. The van der Waals surface area contributed by atoms with E-state index in [1.54, 1.807) is 24.3 Å². The molecule has 1 heterocycles. The summed E-state index contributed by atoms with van der Waals surface area (Å²) in [5, 5.41) is 19.9. The van der Waals surface area contributed by atoms with Gasteiger partial charge in [0.2, 0.25) is 9.84 Å². The molecule has 1 fully saturated rings. The number of hydrogen-bond acceptors (Lipinski definition) is 8. The number of phenols is 1. The Morgan fingerprint density at radius 1 is 1.11 bits per heavy atom.